The smallest absolute Gasteiger partial charge is 0.220 e. The van der Waals surface area contributed by atoms with Crippen molar-refractivity contribution in [3.8, 4) is 0 Å². The fourth-order valence-electron chi connectivity index (χ4n) is 1.56. The molecule has 0 aromatic heterocycles. The molecule has 0 heterocycles. The molecule has 0 aliphatic rings. The van der Waals surface area contributed by atoms with E-state index in [2.05, 4.69) is 19.2 Å². The van der Waals surface area contributed by atoms with Crippen molar-refractivity contribution in [3.05, 3.63) is 0 Å². The molecule has 3 nitrogen and oxygen atoms in total. The first kappa shape index (κ1) is 15.4. The van der Waals surface area contributed by atoms with Crippen LogP contribution in [0.4, 0.5) is 0 Å². The molecule has 0 fully saturated rings. The van der Waals surface area contributed by atoms with Crippen molar-refractivity contribution < 1.29 is 4.79 Å². The maximum absolute atomic E-state index is 11.6. The van der Waals surface area contributed by atoms with Crippen LogP contribution in [0.25, 0.3) is 0 Å². The summed E-state index contributed by atoms with van der Waals surface area (Å²) in [5.74, 6) is 0.127. The molecule has 1 amide bonds. The highest BCUT2D eigenvalue weighted by molar-refractivity contribution is 5.76. The molecule has 0 saturated carbocycles. The second-order valence-corrected chi connectivity index (χ2v) is 5.45. The number of hydrogen-bond acceptors (Lipinski definition) is 2. The minimum absolute atomic E-state index is 0.127. The van der Waals surface area contributed by atoms with Crippen molar-refractivity contribution in [1.82, 2.24) is 5.32 Å². The van der Waals surface area contributed by atoms with E-state index in [1.54, 1.807) is 0 Å². The zero-order chi connectivity index (χ0) is 12.6. The zero-order valence-electron chi connectivity index (χ0n) is 11.3. The summed E-state index contributed by atoms with van der Waals surface area (Å²) >= 11 is 0. The van der Waals surface area contributed by atoms with Crippen LogP contribution in [0.2, 0.25) is 0 Å². The summed E-state index contributed by atoms with van der Waals surface area (Å²) in [5, 5.41) is 3.02. The Morgan fingerprint density at radius 1 is 1.38 bits per heavy atom. The first-order chi connectivity index (χ1) is 7.35. The predicted molar refractivity (Wildman–Crippen MR) is 69.2 cm³/mol. The van der Waals surface area contributed by atoms with Gasteiger partial charge >= 0.3 is 0 Å². The Bertz CT molecular complexity index is 197. The normalized spacial score (nSPS) is 13.6. The van der Waals surface area contributed by atoms with Crippen molar-refractivity contribution >= 4 is 5.91 Å². The van der Waals surface area contributed by atoms with E-state index in [4.69, 9.17) is 5.73 Å². The minimum atomic E-state index is -0.247. The summed E-state index contributed by atoms with van der Waals surface area (Å²) in [4.78, 5) is 11.6. The van der Waals surface area contributed by atoms with E-state index in [0.717, 1.165) is 12.8 Å². The molecule has 0 aliphatic carbocycles. The largest absolute Gasteiger partial charge is 0.354 e. The lowest BCUT2D eigenvalue weighted by atomic mass is 10.00. The van der Waals surface area contributed by atoms with E-state index in [0.29, 0.717) is 12.5 Å². The summed E-state index contributed by atoms with van der Waals surface area (Å²) in [6, 6.07) is 0.292. The quantitative estimate of drug-likeness (QED) is 0.627. The standard InChI is InChI=1S/C13H28N2O/c1-5-6-7-8-11(2)15-12(16)9-10-13(3,4)14/h11H,5-10,14H2,1-4H3,(H,15,16). The Hall–Kier alpha value is -0.570. The predicted octanol–water partition coefficient (Wildman–Crippen LogP) is 2.59. The Balaban J connectivity index is 3.62. The summed E-state index contributed by atoms with van der Waals surface area (Å²) in [7, 11) is 0. The van der Waals surface area contributed by atoms with E-state index in [-0.39, 0.29) is 11.4 Å². The number of nitrogens with one attached hydrogen (secondary N) is 1. The van der Waals surface area contributed by atoms with Gasteiger partial charge in [-0.2, -0.15) is 0 Å². The monoisotopic (exact) mass is 228 g/mol. The first-order valence-electron chi connectivity index (χ1n) is 6.43. The van der Waals surface area contributed by atoms with Crippen LogP contribution in [0.5, 0.6) is 0 Å². The van der Waals surface area contributed by atoms with Crippen LogP contribution in [0.3, 0.4) is 0 Å². The Labute approximate surface area is 100 Å². The summed E-state index contributed by atoms with van der Waals surface area (Å²) in [5.41, 5.74) is 5.59. The van der Waals surface area contributed by atoms with E-state index in [1.165, 1.54) is 19.3 Å². The molecule has 96 valence electrons. The third-order valence-electron chi connectivity index (χ3n) is 2.64. The summed E-state index contributed by atoms with van der Waals surface area (Å²) in [6.45, 7) is 8.16. The number of carbonyl (C=O) groups excluding carboxylic acids is 1. The van der Waals surface area contributed by atoms with Gasteiger partial charge in [0.05, 0.1) is 0 Å². The van der Waals surface area contributed by atoms with Crippen LogP contribution in [-0.2, 0) is 4.79 Å². The van der Waals surface area contributed by atoms with Crippen molar-refractivity contribution in [2.75, 3.05) is 0 Å². The maximum atomic E-state index is 11.6. The highest BCUT2D eigenvalue weighted by atomic mass is 16.1. The van der Waals surface area contributed by atoms with Gasteiger partial charge in [-0.1, -0.05) is 26.2 Å². The molecule has 0 saturated heterocycles. The van der Waals surface area contributed by atoms with Gasteiger partial charge in [0, 0.05) is 18.0 Å². The highest BCUT2D eigenvalue weighted by Gasteiger charge is 2.14. The minimum Gasteiger partial charge on any atom is -0.354 e. The summed E-state index contributed by atoms with van der Waals surface area (Å²) in [6.07, 6.45) is 6.01. The Morgan fingerprint density at radius 3 is 2.50 bits per heavy atom. The summed E-state index contributed by atoms with van der Waals surface area (Å²) < 4.78 is 0. The molecule has 3 N–H and O–H groups in total. The van der Waals surface area contributed by atoms with Gasteiger partial charge < -0.3 is 11.1 Å². The van der Waals surface area contributed by atoms with Crippen molar-refractivity contribution in [2.45, 2.75) is 77.8 Å². The van der Waals surface area contributed by atoms with Gasteiger partial charge in [-0.25, -0.2) is 0 Å². The van der Waals surface area contributed by atoms with Crippen LogP contribution in [0.15, 0.2) is 0 Å². The molecule has 3 heteroatoms. The molecule has 0 aromatic rings. The molecule has 0 spiro atoms. The van der Waals surface area contributed by atoms with Gasteiger partial charge in [-0.05, 0) is 33.6 Å². The lowest BCUT2D eigenvalue weighted by Gasteiger charge is -2.19. The van der Waals surface area contributed by atoms with Gasteiger partial charge in [0.1, 0.15) is 0 Å². The second-order valence-electron chi connectivity index (χ2n) is 5.45. The van der Waals surface area contributed by atoms with Crippen LogP contribution in [0.1, 0.15) is 66.2 Å². The van der Waals surface area contributed by atoms with Gasteiger partial charge in [-0.3, -0.25) is 4.79 Å². The van der Waals surface area contributed by atoms with Gasteiger partial charge in [0.15, 0.2) is 0 Å². The number of hydrogen-bond donors (Lipinski definition) is 2. The molecule has 16 heavy (non-hydrogen) atoms. The van der Waals surface area contributed by atoms with Crippen molar-refractivity contribution in [2.24, 2.45) is 5.73 Å². The number of nitrogens with two attached hydrogens (primary N) is 1. The molecule has 0 aliphatic heterocycles. The second kappa shape index (κ2) is 7.66. The molecule has 0 aromatic carbocycles. The van der Waals surface area contributed by atoms with E-state index >= 15 is 0 Å². The molecule has 1 atom stereocenters. The van der Waals surface area contributed by atoms with Gasteiger partial charge in [-0.15, -0.1) is 0 Å². The molecule has 0 radical (unpaired) electrons. The number of rotatable bonds is 8. The lowest BCUT2D eigenvalue weighted by Crippen LogP contribution is -2.37. The van der Waals surface area contributed by atoms with Crippen molar-refractivity contribution in [3.63, 3.8) is 0 Å². The number of carbonyl (C=O) groups is 1. The van der Waals surface area contributed by atoms with Crippen LogP contribution >= 0.6 is 0 Å². The van der Waals surface area contributed by atoms with Crippen LogP contribution in [0, 0.1) is 0 Å². The lowest BCUT2D eigenvalue weighted by molar-refractivity contribution is -0.122. The molecule has 0 bridgehead atoms. The third kappa shape index (κ3) is 9.97. The maximum Gasteiger partial charge on any atom is 0.220 e. The number of amides is 1. The van der Waals surface area contributed by atoms with Gasteiger partial charge in [0.2, 0.25) is 5.91 Å². The average molecular weight is 228 g/mol. The molecule has 0 rings (SSSR count). The third-order valence-corrected chi connectivity index (χ3v) is 2.64. The Kier molecular flexibility index (Phi) is 7.39. The number of unbranched alkanes of at least 4 members (excludes halogenated alkanes) is 2. The van der Waals surface area contributed by atoms with E-state index in [9.17, 15) is 4.79 Å². The van der Waals surface area contributed by atoms with Crippen LogP contribution < -0.4 is 11.1 Å². The molecular formula is C13H28N2O. The average Bonchev–Trinajstić information content (AvgIpc) is 2.14. The van der Waals surface area contributed by atoms with E-state index < -0.39 is 0 Å². The molecule has 1 unspecified atom stereocenters. The van der Waals surface area contributed by atoms with E-state index in [1.807, 2.05) is 13.8 Å². The fraction of sp³-hybridized carbons (Fsp3) is 0.923. The SMILES string of the molecule is CCCCCC(C)NC(=O)CCC(C)(C)N. The van der Waals surface area contributed by atoms with Crippen molar-refractivity contribution in [1.29, 1.82) is 0 Å². The first-order valence-corrected chi connectivity index (χ1v) is 6.43. The zero-order valence-corrected chi connectivity index (χ0v) is 11.3. The Morgan fingerprint density at radius 2 is 2.00 bits per heavy atom. The highest BCUT2D eigenvalue weighted by Crippen LogP contribution is 2.08. The van der Waals surface area contributed by atoms with Gasteiger partial charge in [0.25, 0.3) is 0 Å². The molecular weight excluding hydrogens is 200 g/mol. The fourth-order valence-corrected chi connectivity index (χ4v) is 1.56. The van der Waals surface area contributed by atoms with Crippen LogP contribution in [-0.4, -0.2) is 17.5 Å². The topological polar surface area (TPSA) is 55.1 Å².